The van der Waals surface area contributed by atoms with Gasteiger partial charge in [0.25, 0.3) is 0 Å². The number of hydrogen-bond acceptors (Lipinski definition) is 4. The van der Waals surface area contributed by atoms with E-state index < -0.39 is 17.4 Å². The summed E-state index contributed by atoms with van der Waals surface area (Å²) in [5.41, 5.74) is -0.287. The van der Waals surface area contributed by atoms with Crippen molar-refractivity contribution < 1.29 is 19.5 Å². The first kappa shape index (κ1) is 25.1. The molecule has 0 spiro atoms. The van der Waals surface area contributed by atoms with Crippen LogP contribution in [0.25, 0.3) is 0 Å². The van der Waals surface area contributed by atoms with Crippen molar-refractivity contribution in [1.29, 1.82) is 0 Å². The smallest absolute Gasteiger partial charge is 0.331 e. The van der Waals surface area contributed by atoms with Crippen LogP contribution < -0.4 is 5.32 Å². The number of piperidine rings is 1. The van der Waals surface area contributed by atoms with Crippen LogP contribution in [0.5, 0.6) is 0 Å². The summed E-state index contributed by atoms with van der Waals surface area (Å²) in [6, 6.07) is -1.30. The molecule has 0 saturated carbocycles. The summed E-state index contributed by atoms with van der Waals surface area (Å²) in [6.45, 7) is 12.1. The van der Waals surface area contributed by atoms with Crippen LogP contribution in [0.2, 0.25) is 0 Å². The molecule has 1 rings (SSSR count). The first-order valence-corrected chi connectivity index (χ1v) is 10.5. The number of aliphatic carboxylic acids is 1. The molecule has 2 amide bonds. The lowest BCUT2D eigenvalue weighted by atomic mass is 9.84. The number of amides is 2. The van der Waals surface area contributed by atoms with Crippen LogP contribution in [-0.4, -0.2) is 71.5 Å². The predicted octanol–water partition coefficient (Wildman–Crippen LogP) is 2.52. The van der Waals surface area contributed by atoms with Gasteiger partial charge in [0, 0.05) is 12.6 Å². The molecule has 3 atom stereocenters. The third-order valence-corrected chi connectivity index (χ3v) is 5.71. The molecule has 1 saturated heterocycles. The van der Waals surface area contributed by atoms with Gasteiger partial charge in [-0.05, 0) is 44.7 Å². The molecule has 0 radical (unpaired) electrons. The highest BCUT2D eigenvalue weighted by Gasteiger charge is 2.39. The van der Waals surface area contributed by atoms with Gasteiger partial charge in [0.1, 0.15) is 6.04 Å². The van der Waals surface area contributed by atoms with Crippen LogP contribution in [0.1, 0.15) is 60.8 Å². The SMILES string of the molecule is CC(=C[C@@H](C(C)C)N(C)C(=O)[C@@H](NC(=O)[C@H]1CCCCN1C)C(C)(C)C)C(=O)O. The second kappa shape index (κ2) is 10.2. The predicted molar refractivity (Wildman–Crippen MR) is 114 cm³/mol. The quantitative estimate of drug-likeness (QED) is 0.631. The summed E-state index contributed by atoms with van der Waals surface area (Å²) in [5.74, 6) is -1.30. The molecule has 1 heterocycles. The third-order valence-electron chi connectivity index (χ3n) is 5.71. The first-order valence-electron chi connectivity index (χ1n) is 10.5. The van der Waals surface area contributed by atoms with E-state index in [1.807, 2.05) is 46.6 Å². The van der Waals surface area contributed by atoms with E-state index in [0.717, 1.165) is 25.8 Å². The Bertz CT molecular complexity index is 636. The van der Waals surface area contributed by atoms with Gasteiger partial charge in [-0.3, -0.25) is 14.5 Å². The molecule has 0 aromatic rings. The Balaban J connectivity index is 3.10. The molecule has 0 aliphatic carbocycles. The fourth-order valence-corrected chi connectivity index (χ4v) is 3.72. The van der Waals surface area contributed by atoms with Crippen molar-refractivity contribution in [1.82, 2.24) is 15.1 Å². The van der Waals surface area contributed by atoms with Gasteiger partial charge in [-0.2, -0.15) is 0 Å². The van der Waals surface area contributed by atoms with E-state index in [4.69, 9.17) is 0 Å². The minimum absolute atomic E-state index is 0.0269. The monoisotopic (exact) mass is 409 g/mol. The van der Waals surface area contributed by atoms with Crippen molar-refractivity contribution in [3.63, 3.8) is 0 Å². The van der Waals surface area contributed by atoms with E-state index in [1.54, 1.807) is 18.0 Å². The van der Waals surface area contributed by atoms with Crippen LogP contribution in [-0.2, 0) is 14.4 Å². The Morgan fingerprint density at radius 2 is 1.79 bits per heavy atom. The summed E-state index contributed by atoms with van der Waals surface area (Å²) >= 11 is 0. The van der Waals surface area contributed by atoms with Crippen LogP contribution in [0.3, 0.4) is 0 Å². The summed E-state index contributed by atoms with van der Waals surface area (Å²) < 4.78 is 0. The molecule has 1 fully saturated rings. The molecule has 29 heavy (non-hydrogen) atoms. The maximum absolute atomic E-state index is 13.4. The maximum atomic E-state index is 13.4. The Kier molecular flexibility index (Phi) is 8.87. The van der Waals surface area contributed by atoms with Crippen LogP contribution in [0.4, 0.5) is 0 Å². The van der Waals surface area contributed by atoms with Crippen molar-refractivity contribution in [2.75, 3.05) is 20.6 Å². The second-order valence-electron chi connectivity index (χ2n) is 9.64. The zero-order valence-electron chi connectivity index (χ0n) is 19.3. The number of hydrogen-bond donors (Lipinski definition) is 2. The van der Waals surface area contributed by atoms with Crippen molar-refractivity contribution in [3.05, 3.63) is 11.6 Å². The Labute approximate surface area is 175 Å². The topological polar surface area (TPSA) is 90.0 Å². The number of nitrogens with one attached hydrogen (secondary N) is 1. The van der Waals surface area contributed by atoms with Crippen molar-refractivity contribution in [2.45, 2.75) is 78.9 Å². The van der Waals surface area contributed by atoms with Crippen LogP contribution in [0.15, 0.2) is 11.6 Å². The van der Waals surface area contributed by atoms with E-state index in [1.165, 1.54) is 6.92 Å². The summed E-state index contributed by atoms with van der Waals surface area (Å²) in [6.07, 6.45) is 4.49. The molecule has 0 aromatic carbocycles. The standard InChI is InChI=1S/C22H39N3O4/c1-14(2)17(13-15(3)21(28)29)25(8)20(27)18(22(4,5)6)23-19(26)16-11-9-10-12-24(16)7/h13-14,16-18H,9-12H2,1-8H3,(H,23,26)(H,28,29)/t16-,17+,18-/m1/s1. The van der Waals surface area contributed by atoms with Crippen LogP contribution >= 0.6 is 0 Å². The number of rotatable bonds is 7. The van der Waals surface area contributed by atoms with Gasteiger partial charge >= 0.3 is 5.97 Å². The Morgan fingerprint density at radius 1 is 1.21 bits per heavy atom. The van der Waals surface area contributed by atoms with Crippen LogP contribution in [0, 0.1) is 11.3 Å². The van der Waals surface area contributed by atoms with Gasteiger partial charge in [0.05, 0.1) is 12.1 Å². The average Bonchev–Trinajstić information content (AvgIpc) is 2.61. The molecule has 0 bridgehead atoms. The number of carbonyl (C=O) groups is 3. The molecular weight excluding hydrogens is 370 g/mol. The molecule has 2 N–H and O–H groups in total. The van der Waals surface area contributed by atoms with E-state index in [0.29, 0.717) is 0 Å². The first-order chi connectivity index (χ1) is 13.3. The summed E-state index contributed by atoms with van der Waals surface area (Å²) in [7, 11) is 3.62. The zero-order valence-corrected chi connectivity index (χ0v) is 19.3. The summed E-state index contributed by atoms with van der Waals surface area (Å²) in [4.78, 5) is 41.2. The minimum atomic E-state index is -1.00. The number of carboxylic acids is 1. The molecule has 166 valence electrons. The number of carbonyl (C=O) groups excluding carboxylic acids is 2. The normalized spacial score (nSPS) is 20.9. The van der Waals surface area contributed by atoms with Gasteiger partial charge in [-0.15, -0.1) is 0 Å². The lowest BCUT2D eigenvalue weighted by molar-refractivity contribution is -0.141. The molecule has 1 aliphatic rings. The maximum Gasteiger partial charge on any atom is 0.331 e. The van der Waals surface area contributed by atoms with Gasteiger partial charge < -0.3 is 15.3 Å². The van der Waals surface area contributed by atoms with Crippen molar-refractivity contribution in [3.8, 4) is 0 Å². The largest absolute Gasteiger partial charge is 0.478 e. The lowest BCUT2D eigenvalue weighted by Gasteiger charge is -2.39. The molecule has 7 heteroatoms. The fourth-order valence-electron chi connectivity index (χ4n) is 3.72. The number of nitrogens with zero attached hydrogens (tertiary/aromatic N) is 2. The molecule has 0 aromatic heterocycles. The highest BCUT2D eigenvalue weighted by atomic mass is 16.4. The molecule has 0 unspecified atom stereocenters. The number of likely N-dealkylation sites (tertiary alicyclic amines) is 1. The fraction of sp³-hybridized carbons (Fsp3) is 0.773. The average molecular weight is 410 g/mol. The van der Waals surface area contributed by atoms with Gasteiger partial charge in [-0.25, -0.2) is 4.79 Å². The van der Waals surface area contributed by atoms with E-state index in [9.17, 15) is 19.5 Å². The second-order valence-corrected chi connectivity index (χ2v) is 9.64. The Morgan fingerprint density at radius 3 is 2.24 bits per heavy atom. The third kappa shape index (κ3) is 6.84. The Hall–Kier alpha value is -1.89. The van der Waals surface area contributed by atoms with E-state index in [-0.39, 0.29) is 35.4 Å². The highest BCUT2D eigenvalue weighted by molar-refractivity contribution is 5.91. The van der Waals surface area contributed by atoms with Gasteiger partial charge in [0.15, 0.2) is 0 Å². The van der Waals surface area contributed by atoms with E-state index >= 15 is 0 Å². The molecular formula is C22H39N3O4. The number of carboxylic acid groups (broad SMARTS) is 1. The van der Waals surface area contributed by atoms with E-state index in [2.05, 4.69) is 5.32 Å². The van der Waals surface area contributed by atoms with Crippen molar-refractivity contribution >= 4 is 17.8 Å². The summed E-state index contributed by atoms with van der Waals surface area (Å²) in [5, 5.41) is 12.2. The molecule has 7 nitrogen and oxygen atoms in total. The minimum Gasteiger partial charge on any atom is -0.478 e. The van der Waals surface area contributed by atoms with Gasteiger partial charge in [0.2, 0.25) is 11.8 Å². The highest BCUT2D eigenvalue weighted by Crippen LogP contribution is 2.25. The van der Waals surface area contributed by atoms with Gasteiger partial charge in [-0.1, -0.05) is 47.1 Å². The molecule has 1 aliphatic heterocycles. The van der Waals surface area contributed by atoms with Crippen molar-refractivity contribution in [2.24, 2.45) is 11.3 Å². The number of likely N-dealkylation sites (N-methyl/N-ethyl adjacent to an activating group) is 2. The lowest BCUT2D eigenvalue weighted by Crippen LogP contribution is -2.59. The zero-order chi connectivity index (χ0) is 22.5.